The fourth-order valence-electron chi connectivity index (χ4n) is 1.63. The lowest BCUT2D eigenvalue weighted by molar-refractivity contribution is 0.395. The van der Waals surface area contributed by atoms with Crippen molar-refractivity contribution >= 4 is 6.08 Å². The molecule has 0 aliphatic carbocycles. The molecule has 0 radical (unpaired) electrons. The first-order chi connectivity index (χ1) is 8.19. The molecular formula is C14H20O3. The Bertz CT molecular complexity index is 430. The number of methoxy groups -OCH3 is 1. The molecule has 0 aliphatic rings. The van der Waals surface area contributed by atoms with Gasteiger partial charge in [-0.2, -0.15) is 0 Å². The average molecular weight is 236 g/mol. The van der Waals surface area contributed by atoms with E-state index in [1.54, 1.807) is 26.2 Å². The number of allylic oxidation sites excluding steroid dienone is 1. The Morgan fingerprint density at radius 1 is 1.41 bits per heavy atom. The molecule has 0 saturated carbocycles. The predicted octanol–water partition coefficient (Wildman–Crippen LogP) is 3.55. The molecule has 0 N–H and O–H groups in total. The van der Waals surface area contributed by atoms with Crippen LogP contribution in [0.1, 0.15) is 43.9 Å². The Morgan fingerprint density at radius 3 is 2.82 bits per heavy atom. The van der Waals surface area contributed by atoms with E-state index in [4.69, 9.17) is 9.15 Å². The number of rotatable bonds is 6. The van der Waals surface area contributed by atoms with Crippen LogP contribution < -0.4 is 10.4 Å². The van der Waals surface area contributed by atoms with Crippen molar-refractivity contribution in [3.05, 3.63) is 33.9 Å². The monoisotopic (exact) mass is 236 g/mol. The van der Waals surface area contributed by atoms with Gasteiger partial charge in [0.05, 0.1) is 7.11 Å². The molecule has 17 heavy (non-hydrogen) atoms. The van der Waals surface area contributed by atoms with E-state index < -0.39 is 0 Å². The molecule has 0 unspecified atom stereocenters. The third kappa shape index (κ3) is 4.10. The van der Waals surface area contributed by atoms with Gasteiger partial charge in [0.1, 0.15) is 17.1 Å². The maximum atomic E-state index is 11.6. The highest BCUT2D eigenvalue weighted by molar-refractivity contribution is 5.55. The zero-order valence-electron chi connectivity index (χ0n) is 10.8. The zero-order valence-corrected chi connectivity index (χ0v) is 10.8. The lowest BCUT2D eigenvalue weighted by Gasteiger charge is -2.03. The van der Waals surface area contributed by atoms with Crippen molar-refractivity contribution < 1.29 is 9.15 Å². The van der Waals surface area contributed by atoms with Crippen molar-refractivity contribution in [1.82, 2.24) is 0 Å². The predicted molar refractivity (Wildman–Crippen MR) is 69.4 cm³/mol. The summed E-state index contributed by atoms with van der Waals surface area (Å²) in [6.07, 6.45) is 8.32. The summed E-state index contributed by atoms with van der Waals surface area (Å²) >= 11 is 0. The van der Waals surface area contributed by atoms with Crippen LogP contribution in [0.3, 0.4) is 0 Å². The molecule has 0 aromatic carbocycles. The molecule has 1 aromatic heterocycles. The molecule has 1 heterocycles. The second kappa shape index (κ2) is 6.94. The van der Waals surface area contributed by atoms with E-state index in [0.29, 0.717) is 17.1 Å². The van der Waals surface area contributed by atoms with Gasteiger partial charge < -0.3 is 9.15 Å². The number of hydrogen-bond donors (Lipinski definition) is 0. The standard InChI is InChI=1S/C14H20O3/c1-4-5-6-7-8-9-12-13(16-3)10-11(2)17-14(12)15/h8-10H,4-7H2,1-3H3/b9-8+. The molecule has 0 saturated heterocycles. The molecule has 1 rings (SSSR count). The van der Waals surface area contributed by atoms with Crippen LogP contribution in [-0.4, -0.2) is 7.11 Å². The molecular weight excluding hydrogens is 216 g/mol. The smallest absolute Gasteiger partial charge is 0.346 e. The minimum atomic E-state index is -0.339. The molecule has 3 nitrogen and oxygen atoms in total. The van der Waals surface area contributed by atoms with Crippen molar-refractivity contribution in [3.63, 3.8) is 0 Å². The van der Waals surface area contributed by atoms with Crippen molar-refractivity contribution in [3.8, 4) is 5.75 Å². The fourth-order valence-corrected chi connectivity index (χ4v) is 1.63. The molecule has 0 bridgehead atoms. The SMILES string of the molecule is CCCCC/C=C/c1c(OC)cc(C)oc1=O. The van der Waals surface area contributed by atoms with Crippen LogP contribution in [0.2, 0.25) is 0 Å². The summed E-state index contributed by atoms with van der Waals surface area (Å²) in [5.41, 5.74) is 0.156. The van der Waals surface area contributed by atoms with Crippen molar-refractivity contribution in [1.29, 1.82) is 0 Å². The van der Waals surface area contributed by atoms with E-state index in [2.05, 4.69) is 6.92 Å². The van der Waals surface area contributed by atoms with Gasteiger partial charge in [-0.1, -0.05) is 25.8 Å². The molecule has 0 atom stereocenters. The van der Waals surface area contributed by atoms with Crippen molar-refractivity contribution in [2.45, 2.75) is 39.5 Å². The molecule has 1 aromatic rings. The average Bonchev–Trinajstić information content (AvgIpc) is 2.30. The Morgan fingerprint density at radius 2 is 2.18 bits per heavy atom. The number of aryl methyl sites for hydroxylation is 1. The second-order valence-electron chi connectivity index (χ2n) is 4.02. The minimum Gasteiger partial charge on any atom is -0.496 e. The van der Waals surface area contributed by atoms with Gasteiger partial charge in [0.2, 0.25) is 0 Å². The summed E-state index contributed by atoms with van der Waals surface area (Å²) in [6.45, 7) is 3.90. The van der Waals surface area contributed by atoms with Crippen LogP contribution >= 0.6 is 0 Å². The number of ether oxygens (including phenoxy) is 1. The number of hydrogen-bond acceptors (Lipinski definition) is 3. The summed E-state index contributed by atoms with van der Waals surface area (Å²) < 4.78 is 10.2. The fraction of sp³-hybridized carbons (Fsp3) is 0.500. The maximum absolute atomic E-state index is 11.6. The topological polar surface area (TPSA) is 39.4 Å². The first-order valence-corrected chi connectivity index (χ1v) is 6.04. The van der Waals surface area contributed by atoms with Gasteiger partial charge in [0, 0.05) is 6.07 Å². The maximum Gasteiger partial charge on any atom is 0.346 e. The van der Waals surface area contributed by atoms with Gasteiger partial charge in [-0.3, -0.25) is 0 Å². The highest BCUT2D eigenvalue weighted by Gasteiger charge is 2.07. The van der Waals surface area contributed by atoms with E-state index in [-0.39, 0.29) is 5.63 Å². The van der Waals surface area contributed by atoms with E-state index >= 15 is 0 Å². The Balaban J connectivity index is 2.79. The third-order valence-corrected chi connectivity index (χ3v) is 2.55. The molecule has 3 heteroatoms. The Kier molecular flexibility index (Phi) is 5.53. The lowest BCUT2D eigenvalue weighted by atomic mass is 10.1. The van der Waals surface area contributed by atoms with Crippen LogP contribution in [0.15, 0.2) is 21.4 Å². The van der Waals surface area contributed by atoms with Crippen LogP contribution in [0.25, 0.3) is 6.08 Å². The quantitative estimate of drug-likeness (QED) is 0.709. The van der Waals surface area contributed by atoms with Gasteiger partial charge in [-0.15, -0.1) is 0 Å². The molecule has 0 spiro atoms. The van der Waals surface area contributed by atoms with Crippen LogP contribution in [0.5, 0.6) is 5.75 Å². The molecule has 0 amide bonds. The minimum absolute atomic E-state index is 0.339. The highest BCUT2D eigenvalue weighted by Crippen LogP contribution is 2.17. The van der Waals surface area contributed by atoms with Crippen LogP contribution in [0, 0.1) is 6.92 Å². The van der Waals surface area contributed by atoms with Gasteiger partial charge >= 0.3 is 5.63 Å². The lowest BCUT2D eigenvalue weighted by Crippen LogP contribution is -2.06. The third-order valence-electron chi connectivity index (χ3n) is 2.55. The number of unbranched alkanes of at least 4 members (excludes halogenated alkanes) is 3. The second-order valence-corrected chi connectivity index (χ2v) is 4.02. The van der Waals surface area contributed by atoms with Crippen molar-refractivity contribution in [2.75, 3.05) is 7.11 Å². The molecule has 0 fully saturated rings. The van der Waals surface area contributed by atoms with Crippen LogP contribution in [-0.2, 0) is 0 Å². The van der Waals surface area contributed by atoms with Crippen molar-refractivity contribution in [2.24, 2.45) is 0 Å². The summed E-state index contributed by atoms with van der Waals surface area (Å²) in [5.74, 6) is 1.14. The van der Waals surface area contributed by atoms with E-state index in [0.717, 1.165) is 12.8 Å². The van der Waals surface area contributed by atoms with Gasteiger partial charge in [0.15, 0.2) is 0 Å². The summed E-state index contributed by atoms with van der Waals surface area (Å²) in [7, 11) is 1.56. The van der Waals surface area contributed by atoms with E-state index in [9.17, 15) is 4.79 Å². The highest BCUT2D eigenvalue weighted by atomic mass is 16.5. The molecule has 0 aliphatic heterocycles. The Hall–Kier alpha value is -1.51. The summed E-state index contributed by atoms with van der Waals surface area (Å²) in [4.78, 5) is 11.6. The van der Waals surface area contributed by atoms with Crippen LogP contribution in [0.4, 0.5) is 0 Å². The van der Waals surface area contributed by atoms with E-state index in [1.165, 1.54) is 12.8 Å². The van der Waals surface area contributed by atoms with Gasteiger partial charge in [0.25, 0.3) is 0 Å². The summed E-state index contributed by atoms with van der Waals surface area (Å²) in [5, 5.41) is 0. The molecule has 94 valence electrons. The normalized spacial score (nSPS) is 11.0. The first kappa shape index (κ1) is 13.6. The van der Waals surface area contributed by atoms with Gasteiger partial charge in [-0.25, -0.2) is 4.79 Å². The first-order valence-electron chi connectivity index (χ1n) is 6.04. The zero-order chi connectivity index (χ0) is 12.7. The Labute approximate surface area is 102 Å². The summed E-state index contributed by atoms with van der Waals surface area (Å²) in [6, 6.07) is 1.73. The van der Waals surface area contributed by atoms with Gasteiger partial charge in [-0.05, 0) is 25.8 Å². The van der Waals surface area contributed by atoms with E-state index in [1.807, 2.05) is 6.08 Å². The largest absolute Gasteiger partial charge is 0.496 e.